The van der Waals surface area contributed by atoms with E-state index in [2.05, 4.69) is 10.6 Å². The van der Waals surface area contributed by atoms with Crippen LogP contribution in [0.5, 0.6) is 11.5 Å². The lowest BCUT2D eigenvalue weighted by molar-refractivity contribution is -0.0425. The van der Waals surface area contributed by atoms with Crippen molar-refractivity contribution in [2.45, 2.75) is 36.8 Å². The maximum Gasteiger partial charge on any atom is 0.255 e. The van der Waals surface area contributed by atoms with E-state index in [1.165, 1.54) is 19.2 Å². The monoisotopic (exact) mass is 594 g/mol. The van der Waals surface area contributed by atoms with E-state index < -0.39 is 17.8 Å². The van der Waals surface area contributed by atoms with Crippen LogP contribution >= 0.6 is 11.8 Å². The highest BCUT2D eigenvalue weighted by Gasteiger charge is 2.29. The van der Waals surface area contributed by atoms with Gasteiger partial charge in [-0.25, -0.2) is 4.39 Å². The third kappa shape index (κ3) is 6.72. The molecule has 3 N–H and O–H groups in total. The molecule has 1 fully saturated rings. The minimum Gasteiger partial charge on any atom is -0.495 e. The van der Waals surface area contributed by atoms with Crippen molar-refractivity contribution in [1.82, 2.24) is 10.6 Å². The van der Waals surface area contributed by atoms with E-state index >= 15 is 4.39 Å². The summed E-state index contributed by atoms with van der Waals surface area (Å²) in [7, 11) is 1.52. The molecule has 0 bridgehead atoms. The molecular formula is C32H35FN2O6S. The molecule has 1 saturated heterocycles. The van der Waals surface area contributed by atoms with Crippen molar-refractivity contribution in [3.8, 4) is 11.5 Å². The summed E-state index contributed by atoms with van der Waals surface area (Å²) >= 11 is 1.64. The Morgan fingerprint density at radius 1 is 1.05 bits per heavy atom. The number of hydrogen-bond acceptors (Lipinski definition) is 7. The summed E-state index contributed by atoms with van der Waals surface area (Å²) in [6.45, 7) is 1.86. The average Bonchev–Trinajstić information content (AvgIpc) is 3.50. The van der Waals surface area contributed by atoms with E-state index in [1.807, 2.05) is 30.5 Å². The lowest BCUT2D eigenvalue weighted by Gasteiger charge is -2.28. The summed E-state index contributed by atoms with van der Waals surface area (Å²) in [5.41, 5.74) is 3.41. The van der Waals surface area contributed by atoms with Crippen LogP contribution in [0.3, 0.4) is 0 Å². The SMILES string of the molecule is COc1c(C(=O)NCC2CCOC[C@@H]2O)cc(Cc2ccc(C(=O)NCc3ccc(SC)cc3)c(F)c2)c2c1CCO2. The maximum atomic E-state index is 15.1. The number of methoxy groups -OCH3 is 1. The highest BCUT2D eigenvalue weighted by Crippen LogP contribution is 2.40. The minimum atomic E-state index is -0.628. The Balaban J connectivity index is 1.31. The number of ether oxygens (including phenoxy) is 3. The second-order valence-corrected chi connectivity index (χ2v) is 11.3. The molecule has 0 radical (unpaired) electrons. The van der Waals surface area contributed by atoms with Crippen LogP contribution in [-0.4, -0.2) is 62.8 Å². The number of carbonyl (C=O) groups is 2. The number of hydrogen-bond donors (Lipinski definition) is 3. The highest BCUT2D eigenvalue weighted by atomic mass is 32.2. The van der Waals surface area contributed by atoms with Crippen molar-refractivity contribution in [1.29, 1.82) is 0 Å². The van der Waals surface area contributed by atoms with Gasteiger partial charge in [-0.2, -0.15) is 0 Å². The minimum absolute atomic E-state index is 0.0361. The standard InChI is InChI=1S/C32H35FN2O6S/c1-39-30-25-10-12-41-29(25)22(15-26(30)32(38)35-17-21-9-11-40-18-28(21)36)13-20-5-8-24(27(33)14-20)31(37)34-16-19-3-6-23(42-2)7-4-19/h3-8,14-15,21,28,36H,9-13,16-18H2,1-2H3,(H,34,37)(H,35,38)/t21?,28-/m0/s1. The number of amides is 2. The fraction of sp³-hybridized carbons (Fsp3) is 0.375. The van der Waals surface area contributed by atoms with Gasteiger partial charge in [-0.15, -0.1) is 11.8 Å². The average molecular weight is 595 g/mol. The third-order valence-corrected chi connectivity index (χ3v) is 8.47. The topological polar surface area (TPSA) is 106 Å². The molecule has 0 aromatic heterocycles. The van der Waals surface area contributed by atoms with Gasteiger partial charge in [0.2, 0.25) is 0 Å². The zero-order chi connectivity index (χ0) is 29.6. The first kappa shape index (κ1) is 29.9. The molecule has 10 heteroatoms. The Morgan fingerprint density at radius 2 is 1.81 bits per heavy atom. The van der Waals surface area contributed by atoms with Crippen molar-refractivity contribution in [2.24, 2.45) is 5.92 Å². The number of halogens is 1. The zero-order valence-corrected chi connectivity index (χ0v) is 24.5. The molecule has 2 heterocycles. The molecule has 5 rings (SSSR count). The van der Waals surface area contributed by atoms with Crippen molar-refractivity contribution in [3.63, 3.8) is 0 Å². The van der Waals surface area contributed by atoms with Crippen molar-refractivity contribution in [3.05, 3.63) is 87.7 Å². The smallest absolute Gasteiger partial charge is 0.255 e. The van der Waals surface area contributed by atoms with Gasteiger partial charge in [0.1, 0.15) is 17.3 Å². The third-order valence-electron chi connectivity index (χ3n) is 7.73. The number of nitrogens with one attached hydrogen (secondary N) is 2. The van der Waals surface area contributed by atoms with Crippen LogP contribution in [-0.2, 0) is 24.1 Å². The number of rotatable bonds is 10. The molecule has 1 unspecified atom stereocenters. The molecule has 2 aliphatic heterocycles. The first-order valence-corrected chi connectivity index (χ1v) is 15.2. The van der Waals surface area contributed by atoms with Crippen LogP contribution in [0, 0.1) is 11.7 Å². The van der Waals surface area contributed by atoms with Crippen LogP contribution in [0.15, 0.2) is 53.4 Å². The molecule has 3 aromatic rings. The predicted octanol–water partition coefficient (Wildman–Crippen LogP) is 4.14. The van der Waals surface area contributed by atoms with Gasteiger partial charge in [-0.1, -0.05) is 18.2 Å². The van der Waals surface area contributed by atoms with Gasteiger partial charge in [0.15, 0.2) is 0 Å². The first-order chi connectivity index (χ1) is 20.4. The Hall–Kier alpha value is -3.60. The summed E-state index contributed by atoms with van der Waals surface area (Å²) in [5, 5.41) is 15.9. The fourth-order valence-electron chi connectivity index (χ4n) is 5.38. The van der Waals surface area contributed by atoms with Crippen LogP contribution in [0.25, 0.3) is 0 Å². The van der Waals surface area contributed by atoms with Crippen molar-refractivity contribution in [2.75, 3.05) is 39.7 Å². The largest absolute Gasteiger partial charge is 0.495 e. The molecule has 3 aromatic carbocycles. The summed E-state index contributed by atoms with van der Waals surface area (Å²) in [6, 6.07) is 14.1. The molecule has 2 atom stereocenters. The Bertz CT molecular complexity index is 1450. The molecule has 222 valence electrons. The Labute approximate surface area is 248 Å². The van der Waals surface area contributed by atoms with E-state index in [0.29, 0.717) is 68.2 Å². The molecule has 8 nitrogen and oxygen atoms in total. The van der Waals surface area contributed by atoms with Gasteiger partial charge in [0.25, 0.3) is 11.8 Å². The lowest BCUT2D eigenvalue weighted by atomic mass is 9.95. The molecule has 0 spiro atoms. The predicted molar refractivity (Wildman–Crippen MR) is 158 cm³/mol. The molecule has 0 aliphatic carbocycles. The van der Waals surface area contributed by atoms with Crippen LogP contribution < -0.4 is 20.1 Å². The number of thioether (sulfide) groups is 1. The summed E-state index contributed by atoms with van der Waals surface area (Å²) in [4.78, 5) is 27.1. The molecular weight excluding hydrogens is 559 g/mol. The van der Waals surface area contributed by atoms with E-state index in [4.69, 9.17) is 14.2 Å². The van der Waals surface area contributed by atoms with Crippen molar-refractivity contribution < 1.29 is 33.3 Å². The summed E-state index contributed by atoms with van der Waals surface area (Å²) in [5.74, 6) is -0.430. The molecule has 42 heavy (non-hydrogen) atoms. The second kappa shape index (κ2) is 13.6. The molecule has 2 amide bonds. The van der Waals surface area contributed by atoms with Gasteiger partial charge in [0.05, 0.1) is 37.6 Å². The number of benzene rings is 3. The molecule has 2 aliphatic rings. The normalized spacial score (nSPS) is 17.7. The fourth-order valence-corrected chi connectivity index (χ4v) is 5.79. The number of fused-ring (bicyclic) bond motifs is 1. The Morgan fingerprint density at radius 3 is 2.52 bits per heavy atom. The van der Waals surface area contributed by atoms with E-state index in [0.717, 1.165) is 21.6 Å². The maximum absolute atomic E-state index is 15.1. The van der Waals surface area contributed by atoms with Crippen LogP contribution in [0.2, 0.25) is 0 Å². The van der Waals surface area contributed by atoms with Gasteiger partial charge in [0, 0.05) is 48.9 Å². The first-order valence-electron chi connectivity index (χ1n) is 14.0. The van der Waals surface area contributed by atoms with Gasteiger partial charge in [-0.3, -0.25) is 9.59 Å². The van der Waals surface area contributed by atoms with Crippen LogP contribution in [0.1, 0.15) is 49.4 Å². The van der Waals surface area contributed by atoms with Crippen molar-refractivity contribution >= 4 is 23.6 Å². The number of aliphatic hydroxyl groups is 1. The quantitative estimate of drug-likeness (QED) is 0.303. The van der Waals surface area contributed by atoms with Gasteiger partial charge in [-0.05, 0) is 59.7 Å². The lowest BCUT2D eigenvalue weighted by Crippen LogP contribution is -2.40. The highest BCUT2D eigenvalue weighted by molar-refractivity contribution is 7.98. The zero-order valence-electron chi connectivity index (χ0n) is 23.7. The van der Waals surface area contributed by atoms with Gasteiger partial charge < -0.3 is 30.0 Å². The van der Waals surface area contributed by atoms with Crippen LogP contribution in [0.4, 0.5) is 4.39 Å². The number of carbonyl (C=O) groups excluding carboxylic acids is 2. The summed E-state index contributed by atoms with van der Waals surface area (Å²) in [6.07, 6.45) is 2.91. The van der Waals surface area contributed by atoms with E-state index in [9.17, 15) is 14.7 Å². The van der Waals surface area contributed by atoms with E-state index in [-0.39, 0.29) is 24.0 Å². The Kier molecular flexibility index (Phi) is 9.66. The van der Waals surface area contributed by atoms with E-state index in [1.54, 1.807) is 23.9 Å². The second-order valence-electron chi connectivity index (χ2n) is 10.4. The van der Waals surface area contributed by atoms with Gasteiger partial charge >= 0.3 is 0 Å². The molecule has 0 saturated carbocycles. The number of aliphatic hydroxyl groups excluding tert-OH is 1. The summed E-state index contributed by atoms with van der Waals surface area (Å²) < 4.78 is 32.0.